The molecule has 1 atom stereocenters. The van der Waals surface area contributed by atoms with Gasteiger partial charge in [-0.15, -0.1) is 0 Å². The Hall–Kier alpha value is -3.83. The Morgan fingerprint density at radius 1 is 1.10 bits per heavy atom. The molecule has 1 unspecified atom stereocenters. The first-order chi connectivity index (χ1) is 18.4. The fourth-order valence-corrected chi connectivity index (χ4v) is 4.80. The average Bonchev–Trinajstić information content (AvgIpc) is 3.13. The van der Waals surface area contributed by atoms with E-state index in [1.54, 1.807) is 6.07 Å². The Kier molecular flexibility index (Phi) is 8.03. The van der Waals surface area contributed by atoms with Gasteiger partial charge < -0.3 is 26.6 Å². The Labute approximate surface area is 226 Å². The van der Waals surface area contributed by atoms with Gasteiger partial charge in [-0.05, 0) is 56.6 Å². The average molecular weight is 540 g/mol. The lowest BCUT2D eigenvalue weighted by Gasteiger charge is -2.29. The van der Waals surface area contributed by atoms with Gasteiger partial charge >= 0.3 is 0 Å². The predicted octanol–water partition coefficient (Wildman–Crippen LogP) is 3.48. The number of amides is 1. The molecule has 9 nitrogen and oxygen atoms in total. The zero-order valence-corrected chi connectivity index (χ0v) is 22.8. The molecule has 0 bridgehead atoms. The van der Waals surface area contributed by atoms with E-state index in [2.05, 4.69) is 39.8 Å². The lowest BCUT2D eigenvalue weighted by atomic mass is 9.89. The van der Waals surface area contributed by atoms with Crippen LogP contribution in [0.25, 0.3) is 5.69 Å². The normalized spacial score (nSPS) is 16.5. The number of para-hydroxylation sites is 1. The van der Waals surface area contributed by atoms with Crippen LogP contribution in [0, 0.1) is 17.0 Å². The standard InChI is InChI=1S/C28H35F2N7O2/c1-16(2)33-20-9-10-21(25(17(20)13-32-5)36-14-23(31)28(3,4)15-36)34-27(39)22-11-12-24(38)37(35-22)26-18(29)7-6-8-19(26)30/h6-12,16,23,32-33H,13-15,31H2,1-5H3,(H,34,39). The topological polar surface area (TPSA) is 117 Å². The van der Waals surface area contributed by atoms with Crippen LogP contribution >= 0.6 is 0 Å². The molecule has 1 fully saturated rings. The van der Waals surface area contributed by atoms with Crippen molar-refractivity contribution in [3.8, 4) is 5.69 Å². The number of halogens is 2. The molecule has 11 heteroatoms. The summed E-state index contributed by atoms with van der Waals surface area (Å²) in [7, 11) is 1.85. The van der Waals surface area contributed by atoms with Crippen LogP contribution in [0.15, 0.2) is 47.3 Å². The van der Waals surface area contributed by atoms with E-state index in [1.807, 2.05) is 27.0 Å². The molecule has 1 aliphatic heterocycles. The smallest absolute Gasteiger partial charge is 0.276 e. The summed E-state index contributed by atoms with van der Waals surface area (Å²) in [5.41, 5.74) is 7.95. The van der Waals surface area contributed by atoms with E-state index >= 15 is 0 Å². The number of hydrogen-bond acceptors (Lipinski definition) is 7. The first-order valence-corrected chi connectivity index (χ1v) is 12.9. The summed E-state index contributed by atoms with van der Waals surface area (Å²) < 4.78 is 29.3. The van der Waals surface area contributed by atoms with Crippen molar-refractivity contribution >= 4 is 23.0 Å². The SMILES string of the molecule is CNCc1c(NC(C)C)ccc(NC(=O)c2ccc(=O)n(-c3c(F)cccc3F)n2)c1N1CC(N)C(C)(C)C1. The molecule has 39 heavy (non-hydrogen) atoms. The predicted molar refractivity (Wildman–Crippen MR) is 150 cm³/mol. The van der Waals surface area contributed by atoms with Crippen molar-refractivity contribution in [1.82, 2.24) is 15.1 Å². The number of rotatable bonds is 8. The van der Waals surface area contributed by atoms with Crippen molar-refractivity contribution in [2.24, 2.45) is 11.1 Å². The van der Waals surface area contributed by atoms with Gasteiger partial charge in [0, 0.05) is 49.0 Å². The number of carbonyl (C=O) groups excluding carboxylic acids is 1. The van der Waals surface area contributed by atoms with Crippen LogP contribution in [-0.4, -0.2) is 47.9 Å². The van der Waals surface area contributed by atoms with E-state index in [4.69, 9.17) is 5.73 Å². The first kappa shape index (κ1) is 28.2. The van der Waals surface area contributed by atoms with Gasteiger partial charge in [0.1, 0.15) is 11.4 Å². The third-order valence-electron chi connectivity index (χ3n) is 6.85. The lowest BCUT2D eigenvalue weighted by molar-refractivity contribution is 0.102. The highest BCUT2D eigenvalue weighted by atomic mass is 19.1. The van der Waals surface area contributed by atoms with Crippen LogP contribution in [0.2, 0.25) is 0 Å². The number of aromatic nitrogens is 2. The minimum absolute atomic E-state index is 0.0777. The van der Waals surface area contributed by atoms with Crippen molar-refractivity contribution in [2.45, 2.75) is 46.3 Å². The minimum Gasteiger partial charge on any atom is -0.383 e. The van der Waals surface area contributed by atoms with E-state index in [9.17, 15) is 18.4 Å². The molecule has 0 saturated carbocycles. The second kappa shape index (κ2) is 11.1. The highest BCUT2D eigenvalue weighted by molar-refractivity contribution is 6.05. The van der Waals surface area contributed by atoms with Crippen LogP contribution in [-0.2, 0) is 6.54 Å². The Balaban J connectivity index is 1.78. The van der Waals surface area contributed by atoms with Crippen molar-refractivity contribution in [2.75, 3.05) is 35.7 Å². The highest BCUT2D eigenvalue weighted by Gasteiger charge is 2.39. The van der Waals surface area contributed by atoms with E-state index in [0.717, 1.165) is 35.1 Å². The van der Waals surface area contributed by atoms with Gasteiger partial charge in [-0.1, -0.05) is 19.9 Å². The summed E-state index contributed by atoms with van der Waals surface area (Å²) in [5.74, 6) is -2.57. The van der Waals surface area contributed by atoms with Gasteiger partial charge in [-0.2, -0.15) is 9.78 Å². The fourth-order valence-electron chi connectivity index (χ4n) is 4.80. The Bertz CT molecular complexity index is 1420. The Morgan fingerprint density at radius 3 is 2.36 bits per heavy atom. The summed E-state index contributed by atoms with van der Waals surface area (Å²) in [6, 6.07) is 9.30. The van der Waals surface area contributed by atoms with Gasteiger partial charge in [0.05, 0.1) is 11.4 Å². The van der Waals surface area contributed by atoms with Crippen molar-refractivity contribution in [3.05, 3.63) is 75.7 Å². The van der Waals surface area contributed by atoms with Gasteiger partial charge in [-0.25, -0.2) is 8.78 Å². The summed E-state index contributed by atoms with van der Waals surface area (Å²) in [5, 5.41) is 13.6. The molecule has 0 radical (unpaired) electrons. The third kappa shape index (κ3) is 5.79. The van der Waals surface area contributed by atoms with Crippen LogP contribution < -0.4 is 32.1 Å². The maximum absolute atomic E-state index is 14.4. The summed E-state index contributed by atoms with van der Waals surface area (Å²) >= 11 is 0. The van der Waals surface area contributed by atoms with Crippen molar-refractivity contribution in [3.63, 3.8) is 0 Å². The molecular formula is C28H35F2N7O2. The van der Waals surface area contributed by atoms with E-state index in [1.165, 1.54) is 12.1 Å². The largest absolute Gasteiger partial charge is 0.383 e. The monoisotopic (exact) mass is 539 g/mol. The van der Waals surface area contributed by atoms with Gasteiger partial charge in [0.15, 0.2) is 11.6 Å². The second-order valence-electron chi connectivity index (χ2n) is 10.8. The summed E-state index contributed by atoms with van der Waals surface area (Å²) in [6.07, 6.45) is 0. The number of hydrogen-bond donors (Lipinski definition) is 4. The van der Waals surface area contributed by atoms with E-state index in [-0.39, 0.29) is 23.2 Å². The molecule has 1 saturated heterocycles. The second-order valence-corrected chi connectivity index (χ2v) is 10.8. The van der Waals surface area contributed by atoms with E-state index < -0.39 is 28.8 Å². The van der Waals surface area contributed by atoms with Crippen LogP contribution in [0.5, 0.6) is 0 Å². The molecule has 0 aliphatic carbocycles. The van der Waals surface area contributed by atoms with E-state index in [0.29, 0.717) is 30.0 Å². The lowest BCUT2D eigenvalue weighted by Crippen LogP contribution is -2.35. The maximum atomic E-state index is 14.4. The van der Waals surface area contributed by atoms with Gasteiger partial charge in [0.2, 0.25) is 0 Å². The molecule has 5 N–H and O–H groups in total. The summed E-state index contributed by atoms with van der Waals surface area (Å²) in [4.78, 5) is 28.0. The molecular weight excluding hydrogens is 504 g/mol. The molecule has 0 spiro atoms. The van der Waals surface area contributed by atoms with Crippen molar-refractivity contribution in [1.29, 1.82) is 0 Å². The first-order valence-electron chi connectivity index (χ1n) is 12.9. The van der Waals surface area contributed by atoms with Crippen molar-refractivity contribution < 1.29 is 13.6 Å². The molecule has 1 aromatic heterocycles. The highest BCUT2D eigenvalue weighted by Crippen LogP contribution is 2.41. The number of nitrogens with zero attached hydrogens (tertiary/aromatic N) is 3. The number of nitrogens with two attached hydrogens (primary N) is 1. The molecule has 2 heterocycles. The maximum Gasteiger partial charge on any atom is 0.276 e. The number of nitrogens with one attached hydrogen (secondary N) is 3. The zero-order chi connectivity index (χ0) is 28.5. The molecule has 4 rings (SSSR count). The summed E-state index contributed by atoms with van der Waals surface area (Å²) in [6.45, 7) is 10.1. The molecule has 1 amide bonds. The molecule has 2 aromatic carbocycles. The third-order valence-corrected chi connectivity index (χ3v) is 6.85. The molecule has 208 valence electrons. The van der Waals surface area contributed by atoms with Gasteiger partial charge in [-0.3, -0.25) is 9.59 Å². The number of carbonyl (C=O) groups is 1. The minimum atomic E-state index is -0.970. The van der Waals surface area contributed by atoms with Crippen LogP contribution in [0.3, 0.4) is 0 Å². The van der Waals surface area contributed by atoms with Crippen LogP contribution in [0.1, 0.15) is 43.7 Å². The quantitative estimate of drug-likeness (QED) is 0.346. The number of anilines is 3. The fraction of sp³-hybridized carbons (Fsp3) is 0.393. The molecule has 3 aromatic rings. The van der Waals surface area contributed by atoms with Gasteiger partial charge in [0.25, 0.3) is 11.5 Å². The Morgan fingerprint density at radius 2 is 1.77 bits per heavy atom. The van der Waals surface area contributed by atoms with Crippen LogP contribution in [0.4, 0.5) is 25.8 Å². The molecule has 1 aliphatic rings. The zero-order valence-electron chi connectivity index (χ0n) is 22.8. The number of benzene rings is 2.